The van der Waals surface area contributed by atoms with Crippen molar-refractivity contribution in [1.82, 2.24) is 15.2 Å². The number of nitrogens with zero attached hydrogens (tertiary/aromatic N) is 3. The smallest absolute Gasteiger partial charge is 0.313 e. The Kier molecular flexibility index (Phi) is 4.71. The van der Waals surface area contributed by atoms with Gasteiger partial charge in [0.15, 0.2) is 0 Å². The van der Waals surface area contributed by atoms with E-state index in [1.54, 1.807) is 0 Å². The summed E-state index contributed by atoms with van der Waals surface area (Å²) in [4.78, 5) is 19.8. The van der Waals surface area contributed by atoms with Crippen molar-refractivity contribution in [3.63, 3.8) is 0 Å². The zero-order valence-electron chi connectivity index (χ0n) is 15.0. The van der Waals surface area contributed by atoms with Crippen LogP contribution >= 0.6 is 0 Å². The third-order valence-corrected chi connectivity index (χ3v) is 5.38. The van der Waals surface area contributed by atoms with Crippen LogP contribution in [0.25, 0.3) is 11.3 Å². The molecule has 0 saturated carbocycles. The second-order valence-electron chi connectivity index (χ2n) is 6.94. The minimum absolute atomic E-state index is 0.813. The Hall–Kier alpha value is -2.66. The van der Waals surface area contributed by atoms with Crippen LogP contribution in [0.2, 0.25) is 0 Å². The van der Waals surface area contributed by atoms with Crippen LogP contribution in [-0.2, 0) is 4.79 Å². The maximum absolute atomic E-state index is 10.9. The molecule has 0 atom stereocenters. The highest BCUT2D eigenvalue weighted by Gasteiger charge is 2.17. The van der Waals surface area contributed by atoms with Crippen LogP contribution in [0.5, 0.6) is 0 Å². The molecule has 1 aromatic heterocycles. The van der Waals surface area contributed by atoms with E-state index in [9.17, 15) is 4.79 Å². The summed E-state index contributed by atoms with van der Waals surface area (Å²) in [5, 5.41) is 5.09. The van der Waals surface area contributed by atoms with Gasteiger partial charge in [0.25, 0.3) is 0 Å². The molecule has 133 valence electrons. The molecule has 1 N–H and O–H groups in total. The number of carbonyl (C=O) groups excluding carboxylic acids is 1. The number of hydrogen-bond acceptors (Lipinski definition) is 4. The normalized spacial score (nSPS) is 17.8. The number of anilines is 1. The predicted octanol–water partition coefficient (Wildman–Crippen LogP) is 0.591. The molecule has 1 fully saturated rings. The SMILES string of the molecule is CN1CCN(c2ccc3c(c2)=C(c2ccncc2)CCC=3N[C]=O)CC1. The van der Waals surface area contributed by atoms with Gasteiger partial charge >= 0.3 is 6.41 Å². The first kappa shape index (κ1) is 16.8. The van der Waals surface area contributed by atoms with Crippen molar-refractivity contribution in [3.05, 3.63) is 58.7 Å². The van der Waals surface area contributed by atoms with Gasteiger partial charge in [-0.2, -0.15) is 0 Å². The third kappa shape index (κ3) is 3.22. The Morgan fingerprint density at radius 3 is 2.50 bits per heavy atom. The highest BCUT2D eigenvalue weighted by Crippen LogP contribution is 2.22. The minimum Gasteiger partial charge on any atom is -0.369 e. The number of hydrogen-bond donors (Lipinski definition) is 1. The fourth-order valence-electron chi connectivity index (χ4n) is 3.87. The van der Waals surface area contributed by atoms with E-state index in [4.69, 9.17) is 0 Å². The molecule has 4 rings (SSSR count). The molecular formula is C21H23N4O. The van der Waals surface area contributed by atoms with E-state index in [1.165, 1.54) is 22.0 Å². The molecular weight excluding hydrogens is 324 g/mol. The zero-order chi connectivity index (χ0) is 17.9. The lowest BCUT2D eigenvalue weighted by Gasteiger charge is -2.34. The molecule has 0 bridgehead atoms. The molecule has 1 aliphatic heterocycles. The lowest BCUT2D eigenvalue weighted by molar-refractivity contribution is 0.313. The van der Waals surface area contributed by atoms with Gasteiger partial charge < -0.3 is 15.1 Å². The molecule has 0 unspecified atom stereocenters. The summed E-state index contributed by atoms with van der Waals surface area (Å²) >= 11 is 0. The molecule has 5 nitrogen and oxygen atoms in total. The largest absolute Gasteiger partial charge is 0.369 e. The molecule has 0 spiro atoms. The number of rotatable bonds is 4. The molecule has 5 heteroatoms. The molecule has 1 saturated heterocycles. The summed E-state index contributed by atoms with van der Waals surface area (Å²) in [5.74, 6) is 0. The third-order valence-electron chi connectivity index (χ3n) is 5.38. The van der Waals surface area contributed by atoms with E-state index < -0.39 is 0 Å². The maximum Gasteiger partial charge on any atom is 0.313 e. The van der Waals surface area contributed by atoms with Crippen LogP contribution in [0.4, 0.5) is 5.69 Å². The molecule has 1 aromatic carbocycles. The summed E-state index contributed by atoms with van der Waals surface area (Å²) in [6.45, 7) is 4.24. The Bertz CT molecular complexity index is 915. The second kappa shape index (κ2) is 7.30. The molecule has 1 amide bonds. The van der Waals surface area contributed by atoms with Crippen LogP contribution in [0, 0.1) is 0 Å². The fraction of sp³-hybridized carbons (Fsp3) is 0.333. The number of nitrogens with one attached hydrogen (secondary N) is 1. The van der Waals surface area contributed by atoms with Crippen molar-refractivity contribution in [2.75, 3.05) is 38.1 Å². The maximum atomic E-state index is 10.9. The van der Waals surface area contributed by atoms with Gasteiger partial charge in [0.1, 0.15) is 0 Å². The van der Waals surface area contributed by atoms with E-state index in [2.05, 4.69) is 57.5 Å². The van der Waals surface area contributed by atoms with Crippen LogP contribution in [0.3, 0.4) is 0 Å². The fourth-order valence-corrected chi connectivity index (χ4v) is 3.87. The van der Waals surface area contributed by atoms with Crippen LogP contribution in [-0.4, -0.2) is 49.5 Å². The van der Waals surface area contributed by atoms with Gasteiger partial charge in [0.2, 0.25) is 0 Å². The first-order valence-corrected chi connectivity index (χ1v) is 9.10. The zero-order valence-corrected chi connectivity index (χ0v) is 15.0. The summed E-state index contributed by atoms with van der Waals surface area (Å²) in [6, 6.07) is 10.7. The Morgan fingerprint density at radius 1 is 1.00 bits per heavy atom. The Labute approximate surface area is 153 Å². The van der Waals surface area contributed by atoms with Crippen molar-refractivity contribution in [2.24, 2.45) is 0 Å². The first-order valence-electron chi connectivity index (χ1n) is 9.10. The average Bonchev–Trinajstić information content (AvgIpc) is 2.69. The van der Waals surface area contributed by atoms with Crippen molar-refractivity contribution in [3.8, 4) is 0 Å². The van der Waals surface area contributed by atoms with Gasteiger partial charge in [-0.25, -0.2) is 0 Å². The Morgan fingerprint density at radius 2 is 1.77 bits per heavy atom. The van der Waals surface area contributed by atoms with Gasteiger partial charge in [-0.15, -0.1) is 0 Å². The number of pyridine rings is 1. The first-order chi connectivity index (χ1) is 12.8. The van der Waals surface area contributed by atoms with Crippen molar-refractivity contribution < 1.29 is 4.79 Å². The molecule has 2 aromatic rings. The molecule has 2 heterocycles. The standard InChI is InChI=1S/C21H23N4O/c1-24-10-12-25(13-11-24)17-2-3-19-20(14-17)18(4-5-21(19)23-15-26)16-6-8-22-9-7-16/h2-3,6-9,14H,4-5,10-13H2,1H3,(H,23,26). The molecule has 1 aliphatic carbocycles. The van der Waals surface area contributed by atoms with Gasteiger partial charge in [-0.1, -0.05) is 6.07 Å². The lowest BCUT2D eigenvalue weighted by atomic mass is 9.92. The highest BCUT2D eigenvalue weighted by molar-refractivity contribution is 5.73. The highest BCUT2D eigenvalue weighted by atomic mass is 16.1. The minimum atomic E-state index is 0.813. The van der Waals surface area contributed by atoms with Gasteiger partial charge in [-0.05, 0) is 60.5 Å². The second-order valence-corrected chi connectivity index (χ2v) is 6.94. The predicted molar refractivity (Wildman–Crippen MR) is 104 cm³/mol. The van der Waals surface area contributed by atoms with Crippen molar-refractivity contribution in [2.45, 2.75) is 12.8 Å². The van der Waals surface area contributed by atoms with Crippen LogP contribution in [0.1, 0.15) is 18.4 Å². The molecule has 1 radical (unpaired) electrons. The van der Waals surface area contributed by atoms with E-state index in [-0.39, 0.29) is 0 Å². The van der Waals surface area contributed by atoms with Crippen molar-refractivity contribution in [1.29, 1.82) is 0 Å². The average molecular weight is 347 g/mol. The monoisotopic (exact) mass is 347 g/mol. The van der Waals surface area contributed by atoms with Gasteiger partial charge in [0.05, 0.1) is 0 Å². The van der Waals surface area contributed by atoms with Crippen molar-refractivity contribution >= 4 is 23.4 Å². The number of benzene rings is 1. The summed E-state index contributed by atoms with van der Waals surface area (Å²) in [6.07, 6.45) is 7.23. The van der Waals surface area contributed by atoms with E-state index in [1.807, 2.05) is 18.8 Å². The quantitative estimate of drug-likeness (QED) is 0.823. The van der Waals surface area contributed by atoms with Gasteiger partial charge in [-0.3, -0.25) is 9.78 Å². The number of piperazine rings is 1. The van der Waals surface area contributed by atoms with Crippen LogP contribution in [0.15, 0.2) is 42.7 Å². The van der Waals surface area contributed by atoms with E-state index >= 15 is 0 Å². The molecule has 2 aliphatic rings. The van der Waals surface area contributed by atoms with Gasteiger partial charge in [0, 0.05) is 55.2 Å². The number of aromatic nitrogens is 1. The van der Waals surface area contributed by atoms with E-state index in [0.717, 1.165) is 49.9 Å². The topological polar surface area (TPSA) is 48.5 Å². The molecule has 26 heavy (non-hydrogen) atoms. The van der Waals surface area contributed by atoms with Crippen LogP contribution < -0.4 is 20.7 Å². The summed E-state index contributed by atoms with van der Waals surface area (Å²) in [5.41, 5.74) is 4.72. The summed E-state index contributed by atoms with van der Waals surface area (Å²) in [7, 11) is 2.17. The number of likely N-dealkylation sites (N-methyl/N-ethyl adjacent to an activating group) is 1. The summed E-state index contributed by atoms with van der Waals surface area (Å²) < 4.78 is 0. The number of amides is 1. The van der Waals surface area contributed by atoms with E-state index in [0.29, 0.717) is 0 Å². The Balaban J connectivity index is 1.87. The number of fused-ring (bicyclic) bond motifs is 1. The lowest BCUT2D eigenvalue weighted by Crippen LogP contribution is -2.45.